The Bertz CT molecular complexity index is 849. The number of nitrogens with one attached hydrogen (secondary N) is 1. The quantitative estimate of drug-likeness (QED) is 0.795. The summed E-state index contributed by atoms with van der Waals surface area (Å²) in [5.41, 5.74) is 4.59. The van der Waals surface area contributed by atoms with E-state index in [0.29, 0.717) is 5.56 Å². The zero-order valence-corrected chi connectivity index (χ0v) is 13.1. The first-order valence-electron chi connectivity index (χ1n) is 7.42. The number of nitrogens with zero attached hydrogens (tertiary/aromatic N) is 2. The van der Waals surface area contributed by atoms with E-state index in [1.165, 1.54) is 5.56 Å². The Morgan fingerprint density at radius 3 is 2.82 bits per heavy atom. The largest absolute Gasteiger partial charge is 0.332 e. The Kier molecular flexibility index (Phi) is 3.67. The second-order valence-electron chi connectivity index (χ2n) is 5.48. The number of aromatic nitrogens is 2. The number of amides is 1. The molecule has 0 aliphatic carbocycles. The van der Waals surface area contributed by atoms with Crippen molar-refractivity contribution in [1.82, 2.24) is 9.55 Å². The third kappa shape index (κ3) is 2.48. The fraction of sp³-hybridized carbons (Fsp3) is 0.222. The zero-order valence-electron chi connectivity index (χ0n) is 13.1. The molecule has 0 bridgehead atoms. The van der Waals surface area contributed by atoms with Gasteiger partial charge in [0.25, 0.3) is 5.91 Å². The molecule has 4 nitrogen and oxygen atoms in total. The van der Waals surface area contributed by atoms with Gasteiger partial charge in [-0.1, -0.05) is 17.7 Å². The minimum atomic E-state index is -0.0999. The van der Waals surface area contributed by atoms with Gasteiger partial charge in [-0.05, 0) is 44.5 Å². The Labute approximate surface area is 129 Å². The summed E-state index contributed by atoms with van der Waals surface area (Å²) < 4.78 is 1.99. The van der Waals surface area contributed by atoms with E-state index in [9.17, 15) is 4.79 Å². The summed E-state index contributed by atoms with van der Waals surface area (Å²) in [4.78, 5) is 17.0. The minimum absolute atomic E-state index is 0.0999. The van der Waals surface area contributed by atoms with Crippen LogP contribution in [-0.4, -0.2) is 15.5 Å². The summed E-state index contributed by atoms with van der Waals surface area (Å²) in [5.74, 6) is -0.0999. The van der Waals surface area contributed by atoms with Gasteiger partial charge in [-0.3, -0.25) is 4.79 Å². The van der Waals surface area contributed by atoms with E-state index in [0.717, 1.165) is 28.8 Å². The topological polar surface area (TPSA) is 46.9 Å². The van der Waals surface area contributed by atoms with Crippen molar-refractivity contribution < 1.29 is 4.79 Å². The molecule has 0 radical (unpaired) electrons. The van der Waals surface area contributed by atoms with Crippen molar-refractivity contribution in [3.05, 3.63) is 59.4 Å². The van der Waals surface area contributed by atoms with Crippen LogP contribution < -0.4 is 5.32 Å². The summed E-state index contributed by atoms with van der Waals surface area (Å²) in [6, 6.07) is 9.80. The summed E-state index contributed by atoms with van der Waals surface area (Å²) in [6.45, 7) is 6.86. The van der Waals surface area contributed by atoms with E-state index in [1.807, 2.05) is 55.8 Å². The average Bonchev–Trinajstić information content (AvgIpc) is 2.89. The molecule has 0 aliphatic heterocycles. The molecule has 2 heterocycles. The highest BCUT2D eigenvalue weighted by Gasteiger charge is 2.15. The van der Waals surface area contributed by atoms with Crippen LogP contribution in [0.25, 0.3) is 11.0 Å². The lowest BCUT2D eigenvalue weighted by Crippen LogP contribution is -2.12. The van der Waals surface area contributed by atoms with Crippen LogP contribution in [0.2, 0.25) is 0 Å². The Morgan fingerprint density at radius 2 is 2.09 bits per heavy atom. The number of rotatable bonds is 3. The fourth-order valence-electron chi connectivity index (χ4n) is 2.69. The highest BCUT2D eigenvalue weighted by molar-refractivity contribution is 6.12. The number of carbonyl (C=O) groups excluding carboxylic acids is 1. The molecule has 0 saturated heterocycles. The number of anilines is 1. The molecule has 0 saturated carbocycles. The molecule has 0 spiro atoms. The van der Waals surface area contributed by atoms with Crippen LogP contribution in [0.1, 0.15) is 28.4 Å². The molecule has 4 heteroatoms. The van der Waals surface area contributed by atoms with Gasteiger partial charge < -0.3 is 9.88 Å². The molecule has 0 fully saturated rings. The van der Waals surface area contributed by atoms with Crippen LogP contribution in [0.3, 0.4) is 0 Å². The second kappa shape index (κ2) is 5.64. The van der Waals surface area contributed by atoms with E-state index in [2.05, 4.69) is 16.4 Å². The van der Waals surface area contributed by atoms with Crippen molar-refractivity contribution in [3.63, 3.8) is 0 Å². The molecule has 0 aliphatic rings. The Balaban J connectivity index is 1.99. The van der Waals surface area contributed by atoms with E-state index in [1.54, 1.807) is 6.20 Å². The van der Waals surface area contributed by atoms with Crippen molar-refractivity contribution >= 4 is 22.6 Å². The molecule has 1 aromatic carbocycles. The monoisotopic (exact) mass is 293 g/mol. The maximum Gasteiger partial charge on any atom is 0.257 e. The van der Waals surface area contributed by atoms with Crippen LogP contribution in [0.4, 0.5) is 5.69 Å². The molecule has 2 aromatic heterocycles. The normalized spacial score (nSPS) is 10.9. The maximum atomic E-state index is 12.6. The van der Waals surface area contributed by atoms with Gasteiger partial charge in [0, 0.05) is 30.0 Å². The first-order chi connectivity index (χ1) is 10.6. The molecule has 1 N–H and O–H groups in total. The van der Waals surface area contributed by atoms with Crippen molar-refractivity contribution in [2.45, 2.75) is 27.3 Å². The molecule has 3 aromatic rings. The number of fused-ring (bicyclic) bond motifs is 1. The lowest BCUT2D eigenvalue weighted by Gasteiger charge is -2.08. The molecule has 112 valence electrons. The van der Waals surface area contributed by atoms with Gasteiger partial charge in [0.1, 0.15) is 5.65 Å². The van der Waals surface area contributed by atoms with Crippen molar-refractivity contribution in [2.24, 2.45) is 0 Å². The summed E-state index contributed by atoms with van der Waals surface area (Å²) in [6.07, 6.45) is 3.62. The van der Waals surface area contributed by atoms with Gasteiger partial charge >= 0.3 is 0 Å². The summed E-state index contributed by atoms with van der Waals surface area (Å²) in [5, 5.41) is 3.88. The van der Waals surface area contributed by atoms with Crippen LogP contribution in [-0.2, 0) is 6.54 Å². The SMILES string of the molecule is CCn1cc(C(=O)Nc2ccc(C)cc2C)c2cccnc21. The highest BCUT2D eigenvalue weighted by Crippen LogP contribution is 2.22. The first kappa shape index (κ1) is 14.3. The van der Waals surface area contributed by atoms with Gasteiger partial charge in [-0.15, -0.1) is 0 Å². The molecule has 0 atom stereocenters. The van der Waals surface area contributed by atoms with E-state index < -0.39 is 0 Å². The minimum Gasteiger partial charge on any atom is -0.332 e. The summed E-state index contributed by atoms with van der Waals surface area (Å²) >= 11 is 0. The maximum absolute atomic E-state index is 12.6. The third-order valence-electron chi connectivity index (χ3n) is 3.85. The lowest BCUT2D eigenvalue weighted by molar-refractivity contribution is 0.102. The first-order valence-corrected chi connectivity index (χ1v) is 7.42. The third-order valence-corrected chi connectivity index (χ3v) is 3.85. The van der Waals surface area contributed by atoms with Crippen molar-refractivity contribution in [2.75, 3.05) is 5.32 Å². The smallest absolute Gasteiger partial charge is 0.257 e. The molecule has 1 amide bonds. The van der Waals surface area contributed by atoms with Crippen LogP contribution in [0.5, 0.6) is 0 Å². The summed E-state index contributed by atoms with van der Waals surface area (Å²) in [7, 11) is 0. The standard InChI is InChI=1S/C18H19N3O/c1-4-21-11-15(14-6-5-9-19-17(14)21)18(22)20-16-8-7-12(2)10-13(16)3/h5-11H,4H2,1-3H3,(H,20,22). The Hall–Kier alpha value is -2.62. The highest BCUT2D eigenvalue weighted by atomic mass is 16.1. The van der Waals surface area contributed by atoms with Gasteiger partial charge in [0.05, 0.1) is 5.56 Å². The van der Waals surface area contributed by atoms with Gasteiger partial charge in [0.15, 0.2) is 0 Å². The van der Waals surface area contributed by atoms with Crippen LogP contribution in [0, 0.1) is 13.8 Å². The number of aryl methyl sites for hydroxylation is 3. The van der Waals surface area contributed by atoms with Gasteiger partial charge in [-0.2, -0.15) is 0 Å². The molecule has 22 heavy (non-hydrogen) atoms. The van der Waals surface area contributed by atoms with Gasteiger partial charge in [0.2, 0.25) is 0 Å². The van der Waals surface area contributed by atoms with Crippen molar-refractivity contribution in [1.29, 1.82) is 0 Å². The van der Waals surface area contributed by atoms with Crippen LogP contribution >= 0.6 is 0 Å². The number of benzene rings is 1. The predicted molar refractivity (Wildman–Crippen MR) is 89.3 cm³/mol. The molecule has 0 unspecified atom stereocenters. The van der Waals surface area contributed by atoms with E-state index in [-0.39, 0.29) is 5.91 Å². The predicted octanol–water partition coefficient (Wildman–Crippen LogP) is 3.93. The number of hydrogen-bond acceptors (Lipinski definition) is 2. The zero-order chi connectivity index (χ0) is 15.7. The second-order valence-corrected chi connectivity index (χ2v) is 5.48. The van der Waals surface area contributed by atoms with Crippen LogP contribution in [0.15, 0.2) is 42.7 Å². The van der Waals surface area contributed by atoms with E-state index >= 15 is 0 Å². The number of hydrogen-bond donors (Lipinski definition) is 1. The van der Waals surface area contributed by atoms with Crippen molar-refractivity contribution in [3.8, 4) is 0 Å². The lowest BCUT2D eigenvalue weighted by atomic mass is 10.1. The molecule has 3 rings (SSSR count). The number of carbonyl (C=O) groups is 1. The molecular weight excluding hydrogens is 274 g/mol. The van der Waals surface area contributed by atoms with E-state index in [4.69, 9.17) is 0 Å². The fourth-order valence-corrected chi connectivity index (χ4v) is 2.69. The average molecular weight is 293 g/mol. The molecular formula is C18H19N3O. The Morgan fingerprint density at radius 1 is 1.27 bits per heavy atom. The number of pyridine rings is 1. The van der Waals surface area contributed by atoms with Gasteiger partial charge in [-0.25, -0.2) is 4.98 Å².